The molecule has 2 aromatic rings. The van der Waals surface area contributed by atoms with Crippen LogP contribution in [0, 0.1) is 5.92 Å². The third-order valence-corrected chi connectivity index (χ3v) is 5.09. The molecule has 0 bridgehead atoms. The molecule has 1 atom stereocenters. The first-order chi connectivity index (χ1) is 12.2. The molecule has 2 heterocycles. The fourth-order valence-electron chi connectivity index (χ4n) is 2.46. The normalized spacial score (nSPS) is 12.8. The van der Waals surface area contributed by atoms with Gasteiger partial charge in [-0.25, -0.2) is 0 Å². The molecule has 6 nitrogen and oxygen atoms in total. The molecule has 2 amide bonds. The van der Waals surface area contributed by atoms with Crippen LogP contribution in [-0.2, 0) is 4.79 Å². The number of thiophene rings is 1. The molecule has 2 rings (SSSR count). The lowest BCUT2D eigenvalue weighted by molar-refractivity contribution is -0.127. The van der Waals surface area contributed by atoms with Gasteiger partial charge in [-0.3, -0.25) is 9.59 Å². The molecule has 0 aliphatic carbocycles. The number of nitrogens with zero attached hydrogens (tertiary/aromatic N) is 3. The molecule has 1 N–H and O–H groups in total. The molecule has 0 radical (unpaired) electrons. The van der Waals surface area contributed by atoms with Gasteiger partial charge in [0.25, 0.3) is 5.91 Å². The van der Waals surface area contributed by atoms with Crippen molar-refractivity contribution >= 4 is 34.7 Å². The number of nitrogens with one attached hydrogen (secondary N) is 1. The van der Waals surface area contributed by atoms with Gasteiger partial charge in [0, 0.05) is 22.3 Å². The summed E-state index contributed by atoms with van der Waals surface area (Å²) >= 11 is 2.61. The first-order valence-corrected chi connectivity index (χ1v) is 10.3. The fraction of sp³-hybridized carbons (Fsp3) is 0.556. The first-order valence-electron chi connectivity index (χ1n) is 8.62. The Balaban J connectivity index is 2.39. The van der Waals surface area contributed by atoms with Gasteiger partial charge in [-0.2, -0.15) is 0 Å². The summed E-state index contributed by atoms with van der Waals surface area (Å²) in [6.07, 6.45) is 0.800. The predicted octanol–water partition coefficient (Wildman–Crippen LogP) is 3.74. The van der Waals surface area contributed by atoms with Crippen LogP contribution in [0.3, 0.4) is 0 Å². The Morgan fingerprint density at radius 3 is 2.54 bits per heavy atom. The van der Waals surface area contributed by atoms with E-state index in [9.17, 15) is 9.59 Å². The largest absolute Gasteiger partial charge is 0.349 e. The summed E-state index contributed by atoms with van der Waals surface area (Å²) in [5, 5.41) is 10.5. The van der Waals surface area contributed by atoms with Crippen LogP contribution < -0.4 is 5.32 Å². The van der Waals surface area contributed by atoms with Gasteiger partial charge in [0.15, 0.2) is 5.69 Å². The van der Waals surface area contributed by atoms with Crippen molar-refractivity contribution in [2.24, 2.45) is 5.92 Å². The van der Waals surface area contributed by atoms with Gasteiger partial charge >= 0.3 is 0 Å². The maximum absolute atomic E-state index is 13.1. The van der Waals surface area contributed by atoms with Crippen molar-refractivity contribution < 1.29 is 9.59 Å². The number of hydrogen-bond donors (Lipinski definition) is 1. The average molecular weight is 395 g/mol. The second-order valence-electron chi connectivity index (χ2n) is 7.63. The Morgan fingerprint density at radius 1 is 1.31 bits per heavy atom. The van der Waals surface area contributed by atoms with Gasteiger partial charge in [0.2, 0.25) is 5.91 Å². The van der Waals surface area contributed by atoms with E-state index < -0.39 is 6.04 Å². The zero-order valence-electron chi connectivity index (χ0n) is 15.9. The lowest BCUT2D eigenvalue weighted by Gasteiger charge is -2.33. The molecule has 26 heavy (non-hydrogen) atoms. The lowest BCUT2D eigenvalue weighted by atomic mass is 10.0. The fourth-order valence-corrected chi connectivity index (χ4v) is 3.72. The summed E-state index contributed by atoms with van der Waals surface area (Å²) in [7, 11) is 0. The highest BCUT2D eigenvalue weighted by atomic mass is 32.1. The van der Waals surface area contributed by atoms with Gasteiger partial charge in [0.1, 0.15) is 6.04 Å². The Hall–Kier alpha value is -1.80. The summed E-state index contributed by atoms with van der Waals surface area (Å²) in [5.41, 5.74) is -0.106. The van der Waals surface area contributed by atoms with Crippen molar-refractivity contribution in [3.8, 4) is 0 Å². The van der Waals surface area contributed by atoms with Crippen LogP contribution in [0.25, 0.3) is 0 Å². The third-order valence-electron chi connectivity index (χ3n) is 3.66. The van der Waals surface area contributed by atoms with Crippen molar-refractivity contribution in [3.05, 3.63) is 33.5 Å². The van der Waals surface area contributed by atoms with Crippen molar-refractivity contribution in [2.75, 3.05) is 6.54 Å². The predicted molar refractivity (Wildman–Crippen MR) is 105 cm³/mol. The van der Waals surface area contributed by atoms with Crippen LogP contribution in [0.4, 0.5) is 0 Å². The molecule has 0 unspecified atom stereocenters. The van der Waals surface area contributed by atoms with Crippen LogP contribution in [-0.4, -0.2) is 38.4 Å². The number of carbonyl (C=O) groups is 2. The van der Waals surface area contributed by atoms with Crippen LogP contribution in [0.5, 0.6) is 0 Å². The number of rotatable bonds is 7. The third kappa shape index (κ3) is 5.60. The van der Waals surface area contributed by atoms with E-state index in [1.807, 2.05) is 38.3 Å². The lowest BCUT2D eigenvalue weighted by Crippen LogP contribution is -2.49. The van der Waals surface area contributed by atoms with E-state index in [1.165, 1.54) is 11.3 Å². The molecule has 0 spiro atoms. The zero-order chi connectivity index (χ0) is 19.3. The summed E-state index contributed by atoms with van der Waals surface area (Å²) < 4.78 is 3.79. The summed E-state index contributed by atoms with van der Waals surface area (Å²) in [4.78, 5) is 28.6. The monoisotopic (exact) mass is 394 g/mol. The van der Waals surface area contributed by atoms with Gasteiger partial charge in [-0.15, -0.1) is 16.4 Å². The van der Waals surface area contributed by atoms with Crippen molar-refractivity contribution in [1.29, 1.82) is 0 Å². The number of amides is 2. The first kappa shape index (κ1) is 20.5. The highest BCUT2D eigenvalue weighted by molar-refractivity contribution is 7.10. The highest BCUT2D eigenvalue weighted by Crippen LogP contribution is 2.28. The van der Waals surface area contributed by atoms with Gasteiger partial charge in [-0.05, 0) is 56.1 Å². The summed E-state index contributed by atoms with van der Waals surface area (Å²) in [6, 6.07) is 3.11. The van der Waals surface area contributed by atoms with Crippen LogP contribution >= 0.6 is 22.9 Å². The van der Waals surface area contributed by atoms with E-state index in [2.05, 4.69) is 28.8 Å². The van der Waals surface area contributed by atoms with Gasteiger partial charge in [0.05, 0.1) is 0 Å². The molecule has 8 heteroatoms. The average Bonchev–Trinajstić information content (AvgIpc) is 3.21. The Bertz CT molecular complexity index is 706. The zero-order valence-corrected chi connectivity index (χ0v) is 17.5. The molecular formula is C18H26N4O2S2. The molecule has 142 valence electrons. The Morgan fingerprint density at radius 2 is 2.04 bits per heavy atom. The molecular weight excluding hydrogens is 368 g/mol. The second kappa shape index (κ2) is 8.73. The number of hydrogen-bond acceptors (Lipinski definition) is 6. The maximum Gasteiger partial charge on any atom is 0.276 e. The standard InChI is InChI=1S/C18H26N4O2S2/c1-12(2)8-9-22(17(24)13-11-26-21-20-13)15(14-7-6-10-25-14)16(23)19-18(3,4)5/h6-7,10-12,15H,8-9H2,1-5H3,(H,19,23)/t15-/m1/s1. The quantitative estimate of drug-likeness (QED) is 0.776. The van der Waals surface area contributed by atoms with Crippen LogP contribution in [0.2, 0.25) is 0 Å². The molecule has 0 aromatic carbocycles. The van der Waals surface area contributed by atoms with E-state index in [4.69, 9.17) is 0 Å². The van der Waals surface area contributed by atoms with E-state index in [1.54, 1.807) is 10.3 Å². The summed E-state index contributed by atoms with van der Waals surface area (Å²) in [5.74, 6) is -0.0318. The molecule has 0 fully saturated rings. The van der Waals surface area contributed by atoms with Crippen LogP contribution in [0.15, 0.2) is 22.9 Å². The topological polar surface area (TPSA) is 75.2 Å². The smallest absolute Gasteiger partial charge is 0.276 e. The SMILES string of the molecule is CC(C)CCN(C(=O)c1csnn1)[C@@H](C(=O)NC(C)(C)C)c1cccs1. The molecule has 0 saturated carbocycles. The van der Waals surface area contributed by atoms with Crippen molar-refractivity contribution in [2.45, 2.75) is 52.6 Å². The minimum Gasteiger partial charge on any atom is -0.349 e. The Kier molecular flexibility index (Phi) is 6.88. The summed E-state index contributed by atoms with van der Waals surface area (Å²) in [6.45, 7) is 10.5. The van der Waals surface area contributed by atoms with E-state index in [0.717, 1.165) is 22.8 Å². The van der Waals surface area contributed by atoms with E-state index >= 15 is 0 Å². The minimum absolute atomic E-state index is 0.180. The minimum atomic E-state index is -0.679. The van der Waals surface area contributed by atoms with Gasteiger partial charge in [-0.1, -0.05) is 24.4 Å². The van der Waals surface area contributed by atoms with Crippen LogP contribution in [0.1, 0.15) is 62.4 Å². The van der Waals surface area contributed by atoms with Gasteiger partial charge < -0.3 is 10.2 Å². The second-order valence-corrected chi connectivity index (χ2v) is 9.22. The van der Waals surface area contributed by atoms with E-state index in [-0.39, 0.29) is 23.0 Å². The number of aromatic nitrogens is 2. The van der Waals surface area contributed by atoms with E-state index in [0.29, 0.717) is 12.5 Å². The highest BCUT2D eigenvalue weighted by Gasteiger charge is 2.35. The molecule has 0 saturated heterocycles. The number of carbonyl (C=O) groups excluding carboxylic acids is 2. The maximum atomic E-state index is 13.1. The molecule has 0 aliphatic rings. The Labute approximate surface area is 162 Å². The van der Waals surface area contributed by atoms with Crippen molar-refractivity contribution in [3.63, 3.8) is 0 Å². The molecule has 2 aromatic heterocycles. The molecule has 0 aliphatic heterocycles. The van der Waals surface area contributed by atoms with Crippen molar-refractivity contribution in [1.82, 2.24) is 19.8 Å².